The number of likely N-dealkylation sites (tertiary alicyclic amines) is 1. The number of carbonyl (C=O) groups is 2. The lowest BCUT2D eigenvalue weighted by Crippen LogP contribution is -2.46. The number of aliphatic hydroxyl groups excluding tert-OH is 1. The van der Waals surface area contributed by atoms with Crippen LogP contribution in [0.2, 0.25) is 0 Å². The van der Waals surface area contributed by atoms with Gasteiger partial charge in [0.15, 0.2) is 11.4 Å². The molecule has 1 aliphatic heterocycles. The average Bonchev–Trinajstić information content (AvgIpc) is 2.81. The van der Waals surface area contributed by atoms with E-state index in [1.54, 1.807) is 0 Å². The Kier molecular flexibility index (Phi) is 3.33. The van der Waals surface area contributed by atoms with Crippen LogP contribution in [0.3, 0.4) is 0 Å². The number of aromatic carboxylic acids is 1. The maximum atomic E-state index is 12.1. The largest absolute Gasteiger partial charge is 0.477 e. The second kappa shape index (κ2) is 4.77. The number of aliphatic hydroxyl groups is 1. The summed E-state index contributed by atoms with van der Waals surface area (Å²) >= 11 is 0. The van der Waals surface area contributed by atoms with Gasteiger partial charge in [0, 0.05) is 13.1 Å². The van der Waals surface area contributed by atoms with Gasteiger partial charge in [-0.25, -0.2) is 9.78 Å². The molecule has 1 aliphatic rings. The highest BCUT2D eigenvalue weighted by Crippen LogP contribution is 2.19. The van der Waals surface area contributed by atoms with Crippen LogP contribution in [0.4, 0.5) is 0 Å². The second-order valence-electron chi connectivity index (χ2n) is 4.52. The van der Waals surface area contributed by atoms with Gasteiger partial charge >= 0.3 is 5.97 Å². The lowest BCUT2D eigenvalue weighted by Gasteiger charge is -2.33. The molecular formula is C11H15N3O4. The van der Waals surface area contributed by atoms with Crippen LogP contribution in [0.1, 0.15) is 34.3 Å². The standard InChI is InChI=1S/C11H15N3O4/c1-6-2-3-14(4-7(6)15)10(16)8-9(11(17)18)13-5-12-8/h5-7,15H,2-4H2,1H3,(H,12,13)(H,17,18). The van der Waals surface area contributed by atoms with Crippen LogP contribution < -0.4 is 0 Å². The predicted octanol–water partition coefficient (Wildman–Crippen LogP) is -0.0492. The van der Waals surface area contributed by atoms with Gasteiger partial charge < -0.3 is 20.1 Å². The summed E-state index contributed by atoms with van der Waals surface area (Å²) < 4.78 is 0. The van der Waals surface area contributed by atoms with E-state index in [4.69, 9.17) is 5.11 Å². The molecule has 1 aromatic rings. The number of carboxylic acid groups (broad SMARTS) is 1. The van der Waals surface area contributed by atoms with Crippen molar-refractivity contribution >= 4 is 11.9 Å². The molecule has 7 nitrogen and oxygen atoms in total. The van der Waals surface area contributed by atoms with E-state index in [0.29, 0.717) is 13.0 Å². The van der Waals surface area contributed by atoms with Crippen LogP contribution in [-0.4, -0.2) is 56.2 Å². The Balaban J connectivity index is 2.16. The normalized spacial score (nSPS) is 24.0. The van der Waals surface area contributed by atoms with Gasteiger partial charge in [-0.15, -0.1) is 0 Å². The minimum absolute atomic E-state index is 0.107. The first-order chi connectivity index (χ1) is 8.50. The predicted molar refractivity (Wildman–Crippen MR) is 61.2 cm³/mol. The molecule has 2 rings (SSSR count). The summed E-state index contributed by atoms with van der Waals surface area (Å²) in [6.45, 7) is 2.64. The lowest BCUT2D eigenvalue weighted by atomic mass is 9.96. The van der Waals surface area contributed by atoms with Crippen LogP contribution in [0.25, 0.3) is 0 Å². The van der Waals surface area contributed by atoms with E-state index in [1.807, 2.05) is 6.92 Å². The maximum Gasteiger partial charge on any atom is 0.354 e. The molecule has 1 aromatic heterocycles. The number of aromatic nitrogens is 2. The highest BCUT2D eigenvalue weighted by molar-refractivity contribution is 6.02. The van der Waals surface area contributed by atoms with E-state index in [9.17, 15) is 14.7 Å². The molecule has 0 saturated carbocycles. The number of aromatic amines is 1. The van der Waals surface area contributed by atoms with Gasteiger partial charge in [-0.05, 0) is 12.3 Å². The van der Waals surface area contributed by atoms with Gasteiger partial charge in [0.25, 0.3) is 5.91 Å². The summed E-state index contributed by atoms with van der Waals surface area (Å²) in [5.74, 6) is -1.53. The van der Waals surface area contributed by atoms with Gasteiger partial charge in [-0.1, -0.05) is 6.92 Å². The van der Waals surface area contributed by atoms with Crippen LogP contribution in [0, 0.1) is 5.92 Å². The van der Waals surface area contributed by atoms with E-state index in [0.717, 1.165) is 0 Å². The van der Waals surface area contributed by atoms with Crippen molar-refractivity contribution in [2.75, 3.05) is 13.1 Å². The quantitative estimate of drug-likeness (QED) is 0.685. The van der Waals surface area contributed by atoms with E-state index >= 15 is 0 Å². The molecular weight excluding hydrogens is 238 g/mol. The van der Waals surface area contributed by atoms with Crippen molar-refractivity contribution in [3.8, 4) is 0 Å². The Hall–Kier alpha value is -1.89. The average molecular weight is 253 g/mol. The number of β-amino-alcohol motifs (C(OH)–C–C–N with tert-alkyl or cyclic N) is 1. The van der Waals surface area contributed by atoms with Crippen LogP contribution in [0.15, 0.2) is 6.33 Å². The molecule has 0 radical (unpaired) electrons. The summed E-state index contributed by atoms with van der Waals surface area (Å²) in [6, 6.07) is 0. The smallest absolute Gasteiger partial charge is 0.354 e. The van der Waals surface area contributed by atoms with E-state index in [1.165, 1.54) is 11.2 Å². The first-order valence-corrected chi connectivity index (χ1v) is 5.74. The molecule has 2 heterocycles. The SMILES string of the molecule is CC1CCN(C(=O)c2nc[nH]c2C(=O)O)CC1O. The number of amides is 1. The first kappa shape index (κ1) is 12.6. The number of nitrogens with one attached hydrogen (secondary N) is 1. The van der Waals surface area contributed by atoms with E-state index in [2.05, 4.69) is 9.97 Å². The molecule has 1 fully saturated rings. The molecule has 0 bridgehead atoms. The molecule has 2 unspecified atom stereocenters. The Morgan fingerprint density at radius 2 is 2.28 bits per heavy atom. The number of rotatable bonds is 2. The molecule has 18 heavy (non-hydrogen) atoms. The van der Waals surface area contributed by atoms with Gasteiger partial charge in [0.2, 0.25) is 0 Å². The fraction of sp³-hybridized carbons (Fsp3) is 0.545. The Labute approximate surface area is 103 Å². The first-order valence-electron chi connectivity index (χ1n) is 5.74. The molecule has 0 spiro atoms. The van der Waals surface area contributed by atoms with Crippen molar-refractivity contribution in [3.05, 3.63) is 17.7 Å². The second-order valence-corrected chi connectivity index (χ2v) is 4.52. The van der Waals surface area contributed by atoms with Crippen molar-refractivity contribution in [3.63, 3.8) is 0 Å². The fourth-order valence-electron chi connectivity index (χ4n) is 2.00. The van der Waals surface area contributed by atoms with Crippen molar-refractivity contribution in [1.29, 1.82) is 0 Å². The molecule has 7 heteroatoms. The zero-order chi connectivity index (χ0) is 13.3. The minimum atomic E-state index is -1.22. The fourth-order valence-corrected chi connectivity index (χ4v) is 2.00. The number of hydrogen-bond acceptors (Lipinski definition) is 4. The van der Waals surface area contributed by atoms with Crippen LogP contribution in [0.5, 0.6) is 0 Å². The van der Waals surface area contributed by atoms with Crippen molar-refractivity contribution in [2.24, 2.45) is 5.92 Å². The van der Waals surface area contributed by atoms with Gasteiger partial charge in [0.05, 0.1) is 12.4 Å². The number of nitrogens with zero attached hydrogens (tertiary/aromatic N) is 2. The third kappa shape index (κ3) is 2.21. The van der Waals surface area contributed by atoms with Gasteiger partial charge in [-0.3, -0.25) is 4.79 Å². The monoisotopic (exact) mass is 253 g/mol. The molecule has 3 N–H and O–H groups in total. The zero-order valence-electron chi connectivity index (χ0n) is 9.96. The molecule has 0 aliphatic carbocycles. The summed E-state index contributed by atoms with van der Waals surface area (Å²) in [5, 5.41) is 18.6. The number of hydrogen-bond donors (Lipinski definition) is 3. The number of H-pyrrole nitrogens is 1. The Morgan fingerprint density at radius 1 is 1.56 bits per heavy atom. The van der Waals surface area contributed by atoms with E-state index < -0.39 is 18.0 Å². The zero-order valence-corrected chi connectivity index (χ0v) is 9.96. The minimum Gasteiger partial charge on any atom is -0.477 e. The molecule has 2 atom stereocenters. The summed E-state index contributed by atoms with van der Waals surface area (Å²) in [6.07, 6.45) is 1.30. The van der Waals surface area contributed by atoms with Gasteiger partial charge in [-0.2, -0.15) is 0 Å². The van der Waals surface area contributed by atoms with Crippen LogP contribution >= 0.6 is 0 Å². The number of imidazole rings is 1. The highest BCUT2D eigenvalue weighted by atomic mass is 16.4. The third-order valence-corrected chi connectivity index (χ3v) is 3.26. The van der Waals surface area contributed by atoms with Crippen molar-refractivity contribution < 1.29 is 19.8 Å². The lowest BCUT2D eigenvalue weighted by molar-refractivity contribution is 0.0243. The number of piperidine rings is 1. The third-order valence-electron chi connectivity index (χ3n) is 3.26. The number of carbonyl (C=O) groups excluding carboxylic acids is 1. The highest BCUT2D eigenvalue weighted by Gasteiger charge is 2.31. The summed E-state index contributed by atoms with van der Waals surface area (Å²) in [4.78, 5) is 30.6. The van der Waals surface area contributed by atoms with Crippen molar-refractivity contribution in [1.82, 2.24) is 14.9 Å². The Morgan fingerprint density at radius 3 is 2.89 bits per heavy atom. The van der Waals surface area contributed by atoms with E-state index in [-0.39, 0.29) is 23.9 Å². The Bertz CT molecular complexity index is 471. The van der Waals surface area contributed by atoms with Crippen LogP contribution in [-0.2, 0) is 0 Å². The van der Waals surface area contributed by atoms with Crippen molar-refractivity contribution in [2.45, 2.75) is 19.4 Å². The number of carboxylic acids is 1. The van der Waals surface area contributed by atoms with Gasteiger partial charge in [0.1, 0.15) is 0 Å². The topological polar surface area (TPSA) is 107 Å². The molecule has 1 saturated heterocycles. The summed E-state index contributed by atoms with van der Waals surface area (Å²) in [7, 11) is 0. The molecule has 0 aromatic carbocycles. The summed E-state index contributed by atoms with van der Waals surface area (Å²) in [5.41, 5.74) is -0.322. The molecule has 98 valence electrons. The molecule has 1 amide bonds. The maximum absolute atomic E-state index is 12.1.